The topological polar surface area (TPSA) is 127 Å². The van der Waals surface area contributed by atoms with Crippen LogP contribution in [0.3, 0.4) is 0 Å². The van der Waals surface area contributed by atoms with E-state index in [4.69, 9.17) is 10.8 Å². The maximum absolute atomic E-state index is 11.6. The zero-order chi connectivity index (χ0) is 15.1. The third kappa shape index (κ3) is 8.55. The predicted molar refractivity (Wildman–Crippen MR) is 71.4 cm³/mol. The van der Waals surface area contributed by atoms with Crippen molar-refractivity contribution in [3.63, 3.8) is 0 Å². The molecule has 0 aliphatic heterocycles. The van der Waals surface area contributed by atoms with Crippen LogP contribution in [0.25, 0.3) is 0 Å². The van der Waals surface area contributed by atoms with Gasteiger partial charge in [0.1, 0.15) is 15.9 Å². The Balaban J connectivity index is 4.34. The number of carbonyl (C=O) groups is 2. The summed E-state index contributed by atoms with van der Waals surface area (Å²) < 4.78 is 21.9. The van der Waals surface area contributed by atoms with E-state index in [1.807, 2.05) is 6.92 Å². The van der Waals surface area contributed by atoms with Crippen LogP contribution in [-0.4, -0.2) is 49.5 Å². The van der Waals surface area contributed by atoms with E-state index in [9.17, 15) is 18.0 Å². The summed E-state index contributed by atoms with van der Waals surface area (Å²) in [6.07, 6.45) is 2.86. The van der Waals surface area contributed by atoms with Crippen LogP contribution in [-0.2, 0) is 19.4 Å². The summed E-state index contributed by atoms with van der Waals surface area (Å²) in [5.74, 6) is -1.95. The maximum Gasteiger partial charge on any atom is 0.326 e. The van der Waals surface area contributed by atoms with E-state index in [1.54, 1.807) is 0 Å². The molecule has 0 saturated carbocycles. The Bertz CT molecular complexity index is 407. The SMILES string of the molecule is CCCCC(NC(=O)C(N)CCS(C)(=O)=O)C(=O)O. The van der Waals surface area contributed by atoms with Crippen molar-refractivity contribution >= 4 is 21.7 Å². The molecule has 0 aliphatic rings. The molecule has 0 aliphatic carbocycles. The summed E-state index contributed by atoms with van der Waals surface area (Å²) in [7, 11) is -3.19. The third-order valence-electron chi connectivity index (χ3n) is 2.60. The Morgan fingerprint density at radius 1 is 1.32 bits per heavy atom. The van der Waals surface area contributed by atoms with E-state index in [2.05, 4.69) is 5.32 Å². The molecular formula is C11H22N2O5S. The number of hydrogen-bond acceptors (Lipinski definition) is 5. The minimum atomic E-state index is -3.19. The first-order valence-corrected chi connectivity index (χ1v) is 8.20. The van der Waals surface area contributed by atoms with Gasteiger partial charge in [0.25, 0.3) is 0 Å². The minimum absolute atomic E-state index is 0.0230. The van der Waals surface area contributed by atoms with Gasteiger partial charge in [-0.3, -0.25) is 4.79 Å². The summed E-state index contributed by atoms with van der Waals surface area (Å²) in [6.45, 7) is 1.92. The Morgan fingerprint density at radius 2 is 1.89 bits per heavy atom. The number of amides is 1. The Labute approximate surface area is 113 Å². The zero-order valence-corrected chi connectivity index (χ0v) is 12.1. The summed E-state index contributed by atoms with van der Waals surface area (Å²) in [6, 6.07) is -1.99. The van der Waals surface area contributed by atoms with Crippen molar-refractivity contribution in [2.75, 3.05) is 12.0 Å². The van der Waals surface area contributed by atoms with E-state index in [0.717, 1.165) is 12.7 Å². The summed E-state index contributed by atoms with van der Waals surface area (Å²) in [5.41, 5.74) is 5.53. The van der Waals surface area contributed by atoms with Crippen LogP contribution >= 0.6 is 0 Å². The van der Waals surface area contributed by atoms with Crippen molar-refractivity contribution in [1.82, 2.24) is 5.32 Å². The van der Waals surface area contributed by atoms with Crippen LogP contribution in [0.5, 0.6) is 0 Å². The predicted octanol–water partition coefficient (Wildman–Crippen LogP) is -0.492. The standard InChI is InChI=1S/C11H22N2O5S/c1-3-4-5-9(11(15)16)13-10(14)8(12)6-7-19(2,17)18/h8-9H,3-7,12H2,1-2H3,(H,13,14)(H,15,16). The minimum Gasteiger partial charge on any atom is -0.480 e. The average Bonchev–Trinajstić information content (AvgIpc) is 2.29. The molecule has 2 unspecified atom stereocenters. The molecule has 0 radical (unpaired) electrons. The molecule has 4 N–H and O–H groups in total. The van der Waals surface area contributed by atoms with Gasteiger partial charge in [-0.2, -0.15) is 0 Å². The molecule has 8 heteroatoms. The normalized spacial score (nSPS) is 14.7. The van der Waals surface area contributed by atoms with Gasteiger partial charge in [0.05, 0.1) is 11.8 Å². The quantitative estimate of drug-likeness (QED) is 0.526. The molecule has 0 spiro atoms. The van der Waals surface area contributed by atoms with E-state index < -0.39 is 33.8 Å². The number of carboxylic acid groups (broad SMARTS) is 1. The van der Waals surface area contributed by atoms with Crippen LogP contribution in [0.4, 0.5) is 0 Å². The molecule has 0 aromatic carbocycles. The molecule has 19 heavy (non-hydrogen) atoms. The molecule has 1 amide bonds. The summed E-state index contributed by atoms with van der Waals surface area (Å²) in [4.78, 5) is 22.6. The lowest BCUT2D eigenvalue weighted by Gasteiger charge is -2.17. The highest BCUT2D eigenvalue weighted by Gasteiger charge is 2.23. The fourth-order valence-electron chi connectivity index (χ4n) is 1.42. The van der Waals surface area contributed by atoms with Gasteiger partial charge in [-0.15, -0.1) is 0 Å². The number of carbonyl (C=O) groups excluding carboxylic acids is 1. The highest BCUT2D eigenvalue weighted by Crippen LogP contribution is 2.02. The number of rotatable bonds is 9. The highest BCUT2D eigenvalue weighted by molar-refractivity contribution is 7.90. The van der Waals surface area contributed by atoms with E-state index in [1.165, 1.54) is 0 Å². The lowest BCUT2D eigenvalue weighted by Crippen LogP contribution is -2.48. The smallest absolute Gasteiger partial charge is 0.326 e. The lowest BCUT2D eigenvalue weighted by molar-refractivity contribution is -0.142. The van der Waals surface area contributed by atoms with Crippen molar-refractivity contribution in [1.29, 1.82) is 0 Å². The Kier molecular flexibility index (Phi) is 7.62. The largest absolute Gasteiger partial charge is 0.480 e. The second kappa shape index (κ2) is 8.11. The fourth-order valence-corrected chi connectivity index (χ4v) is 2.10. The van der Waals surface area contributed by atoms with Crippen LogP contribution in [0.2, 0.25) is 0 Å². The molecule has 0 rings (SSSR count). The van der Waals surface area contributed by atoms with Gasteiger partial charge in [0.15, 0.2) is 0 Å². The number of nitrogens with two attached hydrogens (primary N) is 1. The maximum atomic E-state index is 11.6. The van der Waals surface area contributed by atoms with Gasteiger partial charge >= 0.3 is 5.97 Å². The van der Waals surface area contributed by atoms with Gasteiger partial charge < -0.3 is 16.2 Å². The average molecular weight is 294 g/mol. The number of hydrogen-bond donors (Lipinski definition) is 3. The van der Waals surface area contributed by atoms with E-state index in [0.29, 0.717) is 12.8 Å². The first-order chi connectivity index (χ1) is 8.67. The highest BCUT2D eigenvalue weighted by atomic mass is 32.2. The third-order valence-corrected chi connectivity index (χ3v) is 3.57. The first kappa shape index (κ1) is 17.8. The molecule has 0 saturated heterocycles. The number of nitrogens with one attached hydrogen (secondary N) is 1. The van der Waals surface area contributed by atoms with Gasteiger partial charge in [0, 0.05) is 6.26 Å². The molecule has 7 nitrogen and oxygen atoms in total. The van der Waals surface area contributed by atoms with Gasteiger partial charge in [-0.25, -0.2) is 13.2 Å². The Morgan fingerprint density at radius 3 is 2.32 bits per heavy atom. The number of sulfone groups is 1. The summed E-state index contributed by atoms with van der Waals surface area (Å²) >= 11 is 0. The molecule has 2 atom stereocenters. The van der Waals surface area contributed by atoms with E-state index >= 15 is 0 Å². The molecule has 0 bridgehead atoms. The van der Waals surface area contributed by atoms with E-state index in [-0.39, 0.29) is 12.2 Å². The molecule has 0 heterocycles. The van der Waals surface area contributed by atoms with Crippen LogP contribution in [0.15, 0.2) is 0 Å². The number of unbranched alkanes of at least 4 members (excludes halogenated alkanes) is 1. The van der Waals surface area contributed by atoms with Crippen molar-refractivity contribution in [3.8, 4) is 0 Å². The van der Waals surface area contributed by atoms with Gasteiger partial charge in [0.2, 0.25) is 5.91 Å². The van der Waals surface area contributed by atoms with Crippen molar-refractivity contribution < 1.29 is 23.1 Å². The summed E-state index contributed by atoms with van der Waals surface area (Å²) in [5, 5.41) is 11.3. The second-order valence-electron chi connectivity index (χ2n) is 4.57. The second-order valence-corrected chi connectivity index (χ2v) is 6.83. The fraction of sp³-hybridized carbons (Fsp3) is 0.818. The van der Waals surface area contributed by atoms with Crippen molar-refractivity contribution in [2.24, 2.45) is 5.73 Å². The number of carboxylic acids is 1. The monoisotopic (exact) mass is 294 g/mol. The van der Waals surface area contributed by atoms with Crippen molar-refractivity contribution in [3.05, 3.63) is 0 Å². The number of aliphatic carboxylic acids is 1. The van der Waals surface area contributed by atoms with Gasteiger partial charge in [-0.05, 0) is 12.8 Å². The Hall–Kier alpha value is -1.15. The van der Waals surface area contributed by atoms with Crippen LogP contribution in [0.1, 0.15) is 32.6 Å². The van der Waals surface area contributed by atoms with Crippen molar-refractivity contribution in [2.45, 2.75) is 44.7 Å². The van der Waals surface area contributed by atoms with Crippen LogP contribution < -0.4 is 11.1 Å². The lowest BCUT2D eigenvalue weighted by atomic mass is 10.1. The molecule has 112 valence electrons. The first-order valence-electron chi connectivity index (χ1n) is 6.14. The molecular weight excluding hydrogens is 272 g/mol. The van der Waals surface area contributed by atoms with Gasteiger partial charge in [-0.1, -0.05) is 19.8 Å². The molecule has 0 aromatic heterocycles. The van der Waals surface area contributed by atoms with Crippen LogP contribution in [0, 0.1) is 0 Å². The molecule has 0 fully saturated rings. The molecule has 0 aromatic rings. The zero-order valence-electron chi connectivity index (χ0n) is 11.3.